The molecule has 140 valence electrons. The van der Waals surface area contributed by atoms with Gasteiger partial charge in [0.15, 0.2) is 15.5 Å². The number of benzene rings is 1. The fourth-order valence-electron chi connectivity index (χ4n) is 3.39. The molecule has 1 aliphatic rings. The van der Waals surface area contributed by atoms with E-state index in [0.717, 1.165) is 11.1 Å². The molecule has 9 heteroatoms. The molecule has 0 saturated carbocycles. The lowest BCUT2D eigenvalue weighted by Crippen LogP contribution is -2.49. The highest BCUT2D eigenvalue weighted by molar-refractivity contribution is 7.90. The van der Waals surface area contributed by atoms with Crippen LogP contribution in [0, 0.1) is 0 Å². The molecule has 1 amide bonds. The number of carbonyl (C=O) groups is 1. The summed E-state index contributed by atoms with van der Waals surface area (Å²) in [5.41, 5.74) is 2.49. The van der Waals surface area contributed by atoms with Gasteiger partial charge >= 0.3 is 0 Å². The van der Waals surface area contributed by atoms with E-state index in [-0.39, 0.29) is 5.91 Å². The van der Waals surface area contributed by atoms with Gasteiger partial charge in [0.2, 0.25) is 0 Å². The number of aromatic nitrogens is 2. The van der Waals surface area contributed by atoms with Gasteiger partial charge in [-0.05, 0) is 42.3 Å². The van der Waals surface area contributed by atoms with Gasteiger partial charge in [0.25, 0.3) is 5.91 Å². The average Bonchev–Trinajstić information content (AvgIpc) is 3.03. The van der Waals surface area contributed by atoms with Crippen LogP contribution in [0.5, 0.6) is 0 Å². The maximum atomic E-state index is 13.0. The third-order valence-electron chi connectivity index (χ3n) is 4.67. The summed E-state index contributed by atoms with van der Waals surface area (Å²) in [6.07, 6.45) is 3.29. The first-order valence-corrected chi connectivity index (χ1v) is 10.5. The van der Waals surface area contributed by atoms with Crippen molar-refractivity contribution in [3.63, 3.8) is 0 Å². The Morgan fingerprint density at radius 2 is 2.00 bits per heavy atom. The van der Waals surface area contributed by atoms with Gasteiger partial charge in [0, 0.05) is 26.0 Å². The fraction of sp³-hybridized carbons (Fsp3) is 0.222. The van der Waals surface area contributed by atoms with Gasteiger partial charge in [-0.15, -0.1) is 0 Å². The van der Waals surface area contributed by atoms with Crippen LogP contribution in [0.3, 0.4) is 0 Å². The van der Waals surface area contributed by atoms with E-state index >= 15 is 0 Å². The average molecular weight is 405 g/mol. The Morgan fingerprint density at radius 3 is 2.74 bits per heavy atom. The van der Waals surface area contributed by atoms with E-state index < -0.39 is 9.84 Å². The lowest BCUT2D eigenvalue weighted by Gasteiger charge is -2.38. The van der Waals surface area contributed by atoms with Crippen molar-refractivity contribution < 1.29 is 13.2 Å². The third-order valence-corrected chi connectivity index (χ3v) is 6.07. The van der Waals surface area contributed by atoms with Crippen LogP contribution in [-0.2, 0) is 16.3 Å². The first-order chi connectivity index (χ1) is 12.8. The van der Waals surface area contributed by atoms with Gasteiger partial charge in [0.1, 0.15) is 0 Å². The first-order valence-electron chi connectivity index (χ1n) is 8.28. The highest BCUT2D eigenvalue weighted by Gasteiger charge is 2.30. The number of nitrogens with zero attached hydrogens (tertiary/aromatic N) is 4. The number of amides is 1. The topological polar surface area (TPSA) is 75.0 Å². The summed E-state index contributed by atoms with van der Waals surface area (Å²) in [6, 6.07) is 10.3. The SMILES string of the molecule is CN1c2cccc(S(C)(=O)=O)c2CCN1C(=O)c1cc2ccc(Cl)cn2n1. The van der Waals surface area contributed by atoms with E-state index in [1.807, 2.05) is 6.07 Å². The fourth-order valence-corrected chi connectivity index (χ4v) is 4.53. The summed E-state index contributed by atoms with van der Waals surface area (Å²) in [6.45, 7) is 0.365. The Morgan fingerprint density at radius 1 is 1.22 bits per heavy atom. The molecule has 7 nitrogen and oxygen atoms in total. The van der Waals surface area contributed by atoms with Crippen molar-refractivity contribution >= 4 is 38.5 Å². The smallest absolute Gasteiger partial charge is 0.285 e. The van der Waals surface area contributed by atoms with Crippen LogP contribution in [-0.4, -0.2) is 48.8 Å². The molecule has 2 aromatic heterocycles. The van der Waals surface area contributed by atoms with Gasteiger partial charge in [-0.2, -0.15) is 5.10 Å². The molecule has 0 aliphatic carbocycles. The van der Waals surface area contributed by atoms with Gasteiger partial charge in [-0.3, -0.25) is 9.80 Å². The van der Waals surface area contributed by atoms with Crippen LogP contribution in [0.4, 0.5) is 5.69 Å². The largest absolute Gasteiger partial charge is 0.292 e. The number of hydrogen-bond donors (Lipinski definition) is 0. The van der Waals surface area contributed by atoms with E-state index in [9.17, 15) is 13.2 Å². The van der Waals surface area contributed by atoms with Crippen LogP contribution >= 0.6 is 11.6 Å². The van der Waals surface area contributed by atoms with Crippen molar-refractivity contribution in [3.8, 4) is 0 Å². The van der Waals surface area contributed by atoms with E-state index in [2.05, 4.69) is 5.10 Å². The maximum absolute atomic E-state index is 13.0. The molecule has 0 radical (unpaired) electrons. The van der Waals surface area contributed by atoms with Crippen molar-refractivity contribution in [1.29, 1.82) is 0 Å². The summed E-state index contributed by atoms with van der Waals surface area (Å²) in [5, 5.41) is 8.10. The molecular formula is C18H17ClN4O3S. The molecule has 3 aromatic rings. The standard InChI is InChI=1S/C18H17ClN4O3S/c1-21-16-4-3-5-17(27(2,25)26)14(16)8-9-23(21)18(24)15-10-13-7-6-12(19)11-22(13)20-15/h3-7,10-11H,8-9H2,1-2H3. The summed E-state index contributed by atoms with van der Waals surface area (Å²) in [4.78, 5) is 13.3. The summed E-state index contributed by atoms with van der Waals surface area (Å²) >= 11 is 5.97. The van der Waals surface area contributed by atoms with Gasteiger partial charge in [0.05, 0.1) is 21.1 Å². The number of carbonyl (C=O) groups excluding carboxylic acids is 1. The number of anilines is 1. The molecule has 0 saturated heterocycles. The van der Waals surface area contributed by atoms with Crippen LogP contribution in [0.25, 0.3) is 5.52 Å². The zero-order valence-electron chi connectivity index (χ0n) is 14.8. The van der Waals surface area contributed by atoms with Crippen molar-refractivity contribution in [2.45, 2.75) is 11.3 Å². The molecule has 0 bridgehead atoms. The van der Waals surface area contributed by atoms with Gasteiger partial charge < -0.3 is 0 Å². The van der Waals surface area contributed by atoms with Crippen LogP contribution in [0.2, 0.25) is 5.02 Å². The van der Waals surface area contributed by atoms with Crippen LogP contribution in [0.15, 0.2) is 47.5 Å². The lowest BCUT2D eigenvalue weighted by atomic mass is 10.1. The zero-order valence-corrected chi connectivity index (χ0v) is 16.3. The Kier molecular flexibility index (Phi) is 4.12. The highest BCUT2D eigenvalue weighted by atomic mass is 35.5. The Labute approximate surface area is 161 Å². The predicted molar refractivity (Wildman–Crippen MR) is 103 cm³/mol. The molecule has 1 aromatic carbocycles. The Balaban J connectivity index is 1.71. The Hall–Kier alpha value is -2.58. The maximum Gasteiger partial charge on any atom is 0.292 e. The predicted octanol–water partition coefficient (Wildman–Crippen LogP) is 2.44. The number of rotatable bonds is 2. The van der Waals surface area contributed by atoms with E-state index in [0.29, 0.717) is 34.3 Å². The molecule has 0 unspecified atom stereocenters. The minimum absolute atomic E-state index is 0.257. The second-order valence-corrected chi connectivity index (χ2v) is 8.89. The Bertz CT molecular complexity index is 1170. The number of pyridine rings is 1. The summed E-state index contributed by atoms with van der Waals surface area (Å²) in [5.74, 6) is -0.257. The molecule has 27 heavy (non-hydrogen) atoms. The number of hydrazine groups is 1. The minimum atomic E-state index is -3.34. The molecule has 1 aliphatic heterocycles. The normalized spacial score (nSPS) is 14.5. The summed E-state index contributed by atoms with van der Waals surface area (Å²) in [7, 11) is -1.59. The second kappa shape index (κ2) is 6.24. The number of halogens is 1. The third kappa shape index (κ3) is 3.04. The van der Waals surface area contributed by atoms with Crippen molar-refractivity contribution in [1.82, 2.24) is 14.6 Å². The number of fused-ring (bicyclic) bond motifs is 2. The lowest BCUT2D eigenvalue weighted by molar-refractivity contribution is 0.0731. The summed E-state index contributed by atoms with van der Waals surface area (Å²) < 4.78 is 25.7. The molecule has 0 N–H and O–H groups in total. The molecule has 4 rings (SSSR count). The van der Waals surface area contributed by atoms with E-state index in [1.165, 1.54) is 6.26 Å². The van der Waals surface area contributed by atoms with Crippen molar-refractivity contribution in [3.05, 3.63) is 58.9 Å². The van der Waals surface area contributed by atoms with E-state index in [4.69, 9.17) is 11.6 Å². The molecule has 0 fully saturated rings. The number of hydrogen-bond acceptors (Lipinski definition) is 5. The quantitative estimate of drug-likeness (QED) is 0.655. The van der Waals surface area contributed by atoms with Crippen LogP contribution < -0.4 is 5.01 Å². The minimum Gasteiger partial charge on any atom is -0.285 e. The second-order valence-electron chi connectivity index (χ2n) is 6.47. The van der Waals surface area contributed by atoms with E-state index in [1.54, 1.807) is 58.1 Å². The highest BCUT2D eigenvalue weighted by Crippen LogP contribution is 2.32. The first kappa shape index (κ1) is 17.8. The number of sulfone groups is 1. The monoisotopic (exact) mass is 404 g/mol. The molecule has 0 spiro atoms. The van der Waals surface area contributed by atoms with Crippen molar-refractivity contribution in [2.75, 3.05) is 24.9 Å². The molecule has 0 atom stereocenters. The van der Waals surface area contributed by atoms with Crippen molar-refractivity contribution in [2.24, 2.45) is 0 Å². The van der Waals surface area contributed by atoms with Gasteiger partial charge in [-0.25, -0.2) is 17.9 Å². The zero-order chi connectivity index (χ0) is 19.3. The van der Waals surface area contributed by atoms with Crippen LogP contribution in [0.1, 0.15) is 16.1 Å². The van der Waals surface area contributed by atoms with Gasteiger partial charge in [-0.1, -0.05) is 17.7 Å². The molecule has 3 heterocycles. The molecular weight excluding hydrogens is 388 g/mol.